The summed E-state index contributed by atoms with van der Waals surface area (Å²) in [7, 11) is 0. The summed E-state index contributed by atoms with van der Waals surface area (Å²) in [6, 6.07) is 12.1. The van der Waals surface area contributed by atoms with Crippen LogP contribution in [0.1, 0.15) is 69.0 Å². The highest BCUT2D eigenvalue weighted by Crippen LogP contribution is 2.36. The standard InChI is InChI=1S/C44H45F3N8O7/c1-25-34(21-31(24-48-25)50-39(57)28-5-4-6-30(19-28)44(45,46)47)29-20-37(53-13-16-61-17-14-53)41(49-23-29)62-18-15-52-11-12-54(27(3)26(52)2)32-7-8-33-35(22-32)43(60)55(42(33)59)36-9-10-38(56)51-40(36)58/h4-8,19-24,26-27,36H,9-18H2,1-3H3,(H,50,57)(H,51,56,58). The fourth-order valence-electron chi connectivity index (χ4n) is 8.45. The van der Waals surface area contributed by atoms with Gasteiger partial charge >= 0.3 is 6.18 Å². The summed E-state index contributed by atoms with van der Waals surface area (Å²) < 4.78 is 51.9. The van der Waals surface area contributed by atoms with E-state index in [2.05, 4.69) is 44.2 Å². The van der Waals surface area contributed by atoms with Crippen LogP contribution in [0.5, 0.6) is 5.88 Å². The fraction of sp³-hybridized carbons (Fsp3) is 0.386. The van der Waals surface area contributed by atoms with Crippen LogP contribution in [0.15, 0.2) is 67.0 Å². The largest absolute Gasteiger partial charge is 0.475 e. The Morgan fingerprint density at radius 1 is 0.903 bits per heavy atom. The smallest absolute Gasteiger partial charge is 0.416 e. The Morgan fingerprint density at radius 3 is 2.44 bits per heavy atom. The minimum atomic E-state index is -4.59. The molecule has 0 saturated carbocycles. The number of anilines is 3. The molecule has 5 amide bonds. The molecule has 2 aromatic carbocycles. The maximum absolute atomic E-state index is 13.5. The van der Waals surface area contributed by atoms with E-state index in [1.54, 1.807) is 24.4 Å². The van der Waals surface area contributed by atoms with E-state index >= 15 is 0 Å². The monoisotopic (exact) mass is 854 g/mol. The van der Waals surface area contributed by atoms with Crippen molar-refractivity contribution in [1.29, 1.82) is 0 Å². The molecule has 4 aliphatic heterocycles. The van der Waals surface area contributed by atoms with Crippen molar-refractivity contribution in [3.63, 3.8) is 0 Å². The van der Waals surface area contributed by atoms with Gasteiger partial charge in [-0.2, -0.15) is 13.2 Å². The number of piperidine rings is 1. The number of rotatable bonds is 10. The van der Waals surface area contributed by atoms with Gasteiger partial charge in [-0.05, 0) is 75.7 Å². The van der Waals surface area contributed by atoms with E-state index in [0.717, 1.165) is 28.4 Å². The van der Waals surface area contributed by atoms with Crippen molar-refractivity contribution in [2.45, 2.75) is 57.9 Å². The van der Waals surface area contributed by atoms with Crippen LogP contribution in [0.2, 0.25) is 0 Å². The van der Waals surface area contributed by atoms with E-state index in [-0.39, 0.29) is 41.6 Å². The number of piperazine rings is 1. The lowest BCUT2D eigenvalue weighted by molar-refractivity contribution is -0.138. The summed E-state index contributed by atoms with van der Waals surface area (Å²) in [5, 5.41) is 4.90. The van der Waals surface area contributed by atoms with Crippen molar-refractivity contribution in [2.24, 2.45) is 0 Å². The van der Waals surface area contributed by atoms with Crippen molar-refractivity contribution in [2.75, 3.05) is 67.7 Å². The first kappa shape index (κ1) is 42.3. The second-order valence-electron chi connectivity index (χ2n) is 15.8. The molecule has 0 radical (unpaired) electrons. The number of amides is 5. The lowest BCUT2D eigenvalue weighted by Crippen LogP contribution is -2.58. The van der Waals surface area contributed by atoms with Gasteiger partial charge in [0.05, 0.1) is 41.8 Å². The Morgan fingerprint density at radius 2 is 1.68 bits per heavy atom. The number of hydrogen-bond donors (Lipinski definition) is 2. The molecule has 4 aliphatic rings. The summed E-state index contributed by atoms with van der Waals surface area (Å²) in [5.74, 6) is -2.42. The summed E-state index contributed by atoms with van der Waals surface area (Å²) in [6.07, 6.45) is -1.32. The second-order valence-corrected chi connectivity index (χ2v) is 15.8. The summed E-state index contributed by atoms with van der Waals surface area (Å²) in [5.41, 5.74) is 3.31. The maximum atomic E-state index is 13.5. The second kappa shape index (κ2) is 17.2. The molecule has 4 aromatic rings. The molecule has 15 nitrogen and oxygen atoms in total. The highest BCUT2D eigenvalue weighted by Gasteiger charge is 2.45. The quantitative estimate of drug-likeness (QED) is 0.207. The Balaban J connectivity index is 0.932. The maximum Gasteiger partial charge on any atom is 0.416 e. The zero-order valence-electron chi connectivity index (χ0n) is 34.3. The summed E-state index contributed by atoms with van der Waals surface area (Å²) in [4.78, 5) is 80.8. The minimum Gasteiger partial charge on any atom is -0.475 e. The van der Waals surface area contributed by atoms with Crippen LogP contribution >= 0.6 is 0 Å². The number of hydrogen-bond acceptors (Lipinski definition) is 12. The van der Waals surface area contributed by atoms with Crippen molar-refractivity contribution in [1.82, 2.24) is 25.1 Å². The lowest BCUT2D eigenvalue weighted by Gasteiger charge is -2.46. The summed E-state index contributed by atoms with van der Waals surface area (Å²) in [6.45, 7) is 10.6. The molecule has 324 valence electrons. The third-order valence-electron chi connectivity index (χ3n) is 12.1. The number of alkyl halides is 3. The minimum absolute atomic E-state index is 0.0176. The molecule has 18 heteroatoms. The topological polar surface area (TPSA) is 167 Å². The molecular formula is C44H45F3N8O7. The van der Waals surface area contributed by atoms with Crippen LogP contribution in [-0.2, 0) is 20.5 Å². The Hall–Kier alpha value is -6.40. The number of ether oxygens (including phenoxy) is 2. The van der Waals surface area contributed by atoms with Crippen molar-refractivity contribution >= 4 is 46.6 Å². The van der Waals surface area contributed by atoms with E-state index in [1.807, 2.05) is 19.1 Å². The molecular weight excluding hydrogens is 810 g/mol. The lowest BCUT2D eigenvalue weighted by atomic mass is 10.0. The molecule has 0 aliphatic carbocycles. The van der Waals surface area contributed by atoms with Crippen molar-refractivity contribution in [3.05, 3.63) is 94.9 Å². The predicted molar refractivity (Wildman–Crippen MR) is 221 cm³/mol. The van der Waals surface area contributed by atoms with Crippen LogP contribution in [0.4, 0.5) is 30.2 Å². The molecule has 3 unspecified atom stereocenters. The van der Waals surface area contributed by atoms with Gasteiger partial charge in [-0.1, -0.05) is 6.07 Å². The number of nitrogens with zero attached hydrogens (tertiary/aromatic N) is 6. The number of pyridine rings is 2. The molecule has 62 heavy (non-hydrogen) atoms. The van der Waals surface area contributed by atoms with Gasteiger partial charge in [0, 0.05) is 85.5 Å². The van der Waals surface area contributed by atoms with Gasteiger partial charge in [0.25, 0.3) is 17.7 Å². The molecule has 0 bridgehead atoms. The normalized spacial score (nSPS) is 20.9. The van der Waals surface area contributed by atoms with Gasteiger partial charge in [-0.3, -0.25) is 44.1 Å². The Labute approximate surface area is 355 Å². The van der Waals surface area contributed by atoms with Crippen molar-refractivity contribution in [3.8, 4) is 17.0 Å². The first-order chi connectivity index (χ1) is 29.7. The van der Waals surface area contributed by atoms with Crippen LogP contribution in [-0.4, -0.2) is 120 Å². The highest BCUT2D eigenvalue weighted by molar-refractivity contribution is 6.23. The van der Waals surface area contributed by atoms with E-state index in [9.17, 15) is 37.1 Å². The van der Waals surface area contributed by atoms with Gasteiger partial charge in [-0.25, -0.2) is 4.98 Å². The number of morpholine rings is 1. The number of aryl methyl sites for hydroxylation is 1. The van der Waals surface area contributed by atoms with E-state index in [1.165, 1.54) is 18.3 Å². The number of halogens is 3. The number of carbonyl (C=O) groups is 5. The average molecular weight is 855 g/mol. The Kier molecular flexibility index (Phi) is 11.7. The highest BCUT2D eigenvalue weighted by atomic mass is 19.4. The molecule has 2 N–H and O–H groups in total. The first-order valence-electron chi connectivity index (χ1n) is 20.5. The molecule has 3 saturated heterocycles. The van der Waals surface area contributed by atoms with Crippen LogP contribution in [0.25, 0.3) is 11.1 Å². The number of fused-ring (bicyclic) bond motifs is 1. The fourth-order valence-corrected chi connectivity index (χ4v) is 8.45. The number of nitrogens with one attached hydrogen (secondary N) is 2. The molecule has 3 atom stereocenters. The van der Waals surface area contributed by atoms with Crippen molar-refractivity contribution < 1.29 is 46.6 Å². The van der Waals surface area contributed by atoms with E-state index in [0.29, 0.717) is 80.9 Å². The van der Waals surface area contributed by atoms with Gasteiger partial charge in [0.1, 0.15) is 18.3 Å². The van der Waals surface area contributed by atoms with Gasteiger partial charge < -0.3 is 24.6 Å². The van der Waals surface area contributed by atoms with E-state index < -0.39 is 47.3 Å². The van der Waals surface area contributed by atoms with Gasteiger partial charge in [-0.15, -0.1) is 0 Å². The van der Waals surface area contributed by atoms with Gasteiger partial charge in [0.2, 0.25) is 17.7 Å². The molecule has 3 fully saturated rings. The zero-order valence-corrected chi connectivity index (χ0v) is 34.3. The van der Waals surface area contributed by atoms with Crippen LogP contribution in [0.3, 0.4) is 0 Å². The first-order valence-corrected chi connectivity index (χ1v) is 20.5. The average Bonchev–Trinajstić information content (AvgIpc) is 3.50. The molecule has 6 heterocycles. The Bertz CT molecular complexity index is 2440. The van der Waals surface area contributed by atoms with Crippen LogP contribution in [0, 0.1) is 6.92 Å². The third kappa shape index (κ3) is 8.43. The molecule has 8 rings (SSSR count). The number of benzene rings is 2. The molecule has 0 spiro atoms. The molecule has 2 aromatic heterocycles. The zero-order chi connectivity index (χ0) is 43.9. The van der Waals surface area contributed by atoms with E-state index in [4.69, 9.17) is 14.5 Å². The number of aromatic nitrogens is 2. The SMILES string of the molecule is Cc1ncc(NC(=O)c2cccc(C(F)(F)F)c2)cc1-c1cnc(OCCN2CCN(c3ccc4c(c3)C(=O)N(C3CCC(=O)NC3=O)C4=O)C(C)C2C)c(N2CCOCC2)c1. The van der Waals surface area contributed by atoms with Crippen LogP contribution < -0.4 is 25.2 Å². The van der Waals surface area contributed by atoms with Gasteiger partial charge in [0.15, 0.2) is 0 Å². The number of imide groups is 2. The predicted octanol–water partition coefficient (Wildman–Crippen LogP) is 4.94. The third-order valence-corrected chi connectivity index (χ3v) is 12.1. The summed E-state index contributed by atoms with van der Waals surface area (Å²) >= 11 is 0. The number of carbonyl (C=O) groups excluding carboxylic acids is 5.